The quantitative estimate of drug-likeness (QED) is 0.762. The molecule has 0 radical (unpaired) electrons. The maximum Gasteiger partial charge on any atom is 0.170 e. The predicted octanol–water partition coefficient (Wildman–Crippen LogP) is 4.39. The lowest BCUT2D eigenvalue weighted by molar-refractivity contribution is 0.382. The Hall–Kier alpha value is -1.85. The monoisotopic (exact) mass is 349 g/mol. The highest BCUT2D eigenvalue weighted by molar-refractivity contribution is 9.10. The molecule has 3 aromatic rings. The molecule has 1 aromatic heterocycles. The van der Waals surface area contributed by atoms with E-state index in [-0.39, 0.29) is 5.75 Å². The zero-order chi connectivity index (χ0) is 15.0. The van der Waals surface area contributed by atoms with E-state index in [1.54, 1.807) is 18.2 Å². The summed E-state index contributed by atoms with van der Waals surface area (Å²) in [5.74, 6) is 0.205. The van der Waals surface area contributed by atoms with Crippen molar-refractivity contribution in [3.63, 3.8) is 0 Å². The molecule has 2 aromatic carbocycles. The summed E-state index contributed by atoms with van der Waals surface area (Å²) < 4.78 is 25.9. The number of hydrogen-bond donors (Lipinski definition) is 1. The third-order valence-electron chi connectivity index (χ3n) is 3.37. The summed E-state index contributed by atoms with van der Waals surface area (Å²) in [6, 6.07) is 11.7. The van der Waals surface area contributed by atoms with Crippen LogP contribution in [-0.4, -0.2) is 7.11 Å². The van der Waals surface area contributed by atoms with Crippen LogP contribution in [0.15, 0.2) is 51.4 Å². The molecule has 0 spiro atoms. The topological polar surface area (TPSA) is 48.4 Å². The molecule has 0 bridgehead atoms. The van der Waals surface area contributed by atoms with Crippen molar-refractivity contribution in [2.45, 2.75) is 6.04 Å². The molecule has 21 heavy (non-hydrogen) atoms. The molecule has 0 aliphatic carbocycles. The van der Waals surface area contributed by atoms with Crippen LogP contribution < -0.4 is 10.5 Å². The number of para-hydroxylation sites is 1. The van der Waals surface area contributed by atoms with Crippen molar-refractivity contribution in [1.29, 1.82) is 0 Å². The van der Waals surface area contributed by atoms with Crippen molar-refractivity contribution in [3.8, 4) is 5.75 Å². The number of halogens is 2. The first-order valence-corrected chi connectivity index (χ1v) is 7.17. The Morgan fingerprint density at radius 2 is 2.00 bits per heavy atom. The van der Waals surface area contributed by atoms with Gasteiger partial charge in [-0.25, -0.2) is 4.39 Å². The van der Waals surface area contributed by atoms with Crippen molar-refractivity contribution >= 4 is 26.9 Å². The number of ether oxygens (including phenoxy) is 1. The van der Waals surface area contributed by atoms with E-state index in [0.717, 1.165) is 9.86 Å². The van der Waals surface area contributed by atoms with E-state index < -0.39 is 11.9 Å². The molecule has 1 unspecified atom stereocenters. The van der Waals surface area contributed by atoms with Crippen LogP contribution in [0.25, 0.3) is 11.0 Å². The largest absolute Gasteiger partial charge is 0.494 e. The molecule has 0 fully saturated rings. The van der Waals surface area contributed by atoms with Gasteiger partial charge < -0.3 is 14.9 Å². The van der Waals surface area contributed by atoms with E-state index in [0.29, 0.717) is 16.9 Å². The minimum Gasteiger partial charge on any atom is -0.494 e. The molecule has 0 saturated carbocycles. The molecule has 108 valence electrons. The molecule has 0 aliphatic heterocycles. The summed E-state index contributed by atoms with van der Waals surface area (Å²) in [5.41, 5.74) is 7.19. The number of rotatable bonds is 3. The summed E-state index contributed by atoms with van der Waals surface area (Å²) in [5, 5.41) is 0.915. The van der Waals surface area contributed by atoms with Gasteiger partial charge in [0, 0.05) is 10.9 Å². The lowest BCUT2D eigenvalue weighted by Crippen LogP contribution is -2.13. The molecule has 0 saturated heterocycles. The zero-order valence-electron chi connectivity index (χ0n) is 11.3. The van der Waals surface area contributed by atoms with Crippen molar-refractivity contribution in [2.75, 3.05) is 7.11 Å². The van der Waals surface area contributed by atoms with Crippen molar-refractivity contribution in [3.05, 3.63) is 64.1 Å². The van der Waals surface area contributed by atoms with Gasteiger partial charge in [-0.1, -0.05) is 24.3 Å². The minimum absolute atomic E-state index is 0.167. The van der Waals surface area contributed by atoms with Crippen LogP contribution in [0, 0.1) is 5.82 Å². The highest BCUT2D eigenvalue weighted by atomic mass is 79.9. The molecule has 3 rings (SSSR count). The molecule has 0 aliphatic rings. The van der Waals surface area contributed by atoms with Gasteiger partial charge in [0.2, 0.25) is 0 Å². The Labute approximate surface area is 129 Å². The average Bonchev–Trinajstić information content (AvgIpc) is 2.92. The molecule has 5 heteroatoms. The van der Waals surface area contributed by atoms with Crippen LogP contribution in [0.3, 0.4) is 0 Å². The highest BCUT2D eigenvalue weighted by Gasteiger charge is 2.20. The van der Waals surface area contributed by atoms with Gasteiger partial charge in [0.15, 0.2) is 11.6 Å². The third kappa shape index (κ3) is 2.43. The highest BCUT2D eigenvalue weighted by Crippen LogP contribution is 2.33. The fourth-order valence-corrected chi connectivity index (χ4v) is 2.74. The molecular formula is C16H13BrFNO2. The Balaban J connectivity index is 2.08. The van der Waals surface area contributed by atoms with E-state index in [1.165, 1.54) is 7.11 Å². The smallest absolute Gasteiger partial charge is 0.170 e. The first-order chi connectivity index (χ1) is 10.1. The summed E-state index contributed by atoms with van der Waals surface area (Å²) >= 11 is 3.42. The number of hydrogen-bond acceptors (Lipinski definition) is 3. The molecule has 0 amide bonds. The fraction of sp³-hybridized carbons (Fsp3) is 0.125. The van der Waals surface area contributed by atoms with E-state index in [4.69, 9.17) is 14.9 Å². The van der Waals surface area contributed by atoms with E-state index in [2.05, 4.69) is 15.9 Å². The number of nitrogens with two attached hydrogens (primary N) is 1. The molecule has 1 atom stereocenters. The van der Waals surface area contributed by atoms with Crippen LogP contribution >= 0.6 is 15.9 Å². The summed E-state index contributed by atoms with van der Waals surface area (Å²) in [7, 11) is 1.42. The zero-order valence-corrected chi connectivity index (χ0v) is 12.9. The van der Waals surface area contributed by atoms with Gasteiger partial charge in [-0.05, 0) is 34.1 Å². The van der Waals surface area contributed by atoms with Gasteiger partial charge in [-0.2, -0.15) is 0 Å². The summed E-state index contributed by atoms with van der Waals surface area (Å²) in [6.07, 6.45) is 0. The maximum atomic E-state index is 14.3. The number of benzene rings is 2. The Morgan fingerprint density at radius 1 is 1.24 bits per heavy atom. The molecule has 2 N–H and O–H groups in total. The van der Waals surface area contributed by atoms with E-state index in [1.807, 2.05) is 24.3 Å². The Morgan fingerprint density at radius 3 is 2.71 bits per heavy atom. The second kappa shape index (κ2) is 5.50. The predicted molar refractivity (Wildman–Crippen MR) is 82.9 cm³/mol. The van der Waals surface area contributed by atoms with E-state index in [9.17, 15) is 4.39 Å². The Bertz CT molecular complexity index is 800. The van der Waals surface area contributed by atoms with Crippen LogP contribution in [-0.2, 0) is 0 Å². The standard InChI is InChI=1S/C16H13BrFNO2/c1-20-12-7-3-5-10(14(12)18)15(19)13-8-9-4-2-6-11(17)16(9)21-13/h2-8,15H,19H2,1H3. The van der Waals surface area contributed by atoms with Gasteiger partial charge >= 0.3 is 0 Å². The SMILES string of the molecule is COc1cccc(C(N)c2cc3cccc(Br)c3o2)c1F. The van der Waals surface area contributed by atoms with Crippen LogP contribution in [0.4, 0.5) is 4.39 Å². The second-order valence-corrected chi connectivity index (χ2v) is 5.50. The van der Waals surface area contributed by atoms with Crippen molar-refractivity contribution in [2.24, 2.45) is 5.73 Å². The maximum absolute atomic E-state index is 14.3. The summed E-state index contributed by atoms with van der Waals surface area (Å²) in [6.45, 7) is 0. The number of methoxy groups -OCH3 is 1. The van der Waals surface area contributed by atoms with Gasteiger partial charge in [0.05, 0.1) is 17.6 Å². The van der Waals surface area contributed by atoms with Crippen LogP contribution in [0.5, 0.6) is 5.75 Å². The molecule has 3 nitrogen and oxygen atoms in total. The fourth-order valence-electron chi connectivity index (χ4n) is 2.28. The first-order valence-electron chi connectivity index (χ1n) is 6.37. The average molecular weight is 350 g/mol. The number of fused-ring (bicyclic) bond motifs is 1. The van der Waals surface area contributed by atoms with Gasteiger partial charge in [-0.15, -0.1) is 0 Å². The third-order valence-corrected chi connectivity index (χ3v) is 3.99. The number of furan rings is 1. The van der Waals surface area contributed by atoms with Crippen molar-refractivity contribution < 1.29 is 13.5 Å². The van der Waals surface area contributed by atoms with Crippen LogP contribution in [0.2, 0.25) is 0 Å². The van der Waals surface area contributed by atoms with Gasteiger partial charge in [-0.3, -0.25) is 0 Å². The molecular weight excluding hydrogens is 337 g/mol. The lowest BCUT2D eigenvalue weighted by Gasteiger charge is -2.12. The van der Waals surface area contributed by atoms with E-state index >= 15 is 0 Å². The Kier molecular flexibility index (Phi) is 3.69. The van der Waals surface area contributed by atoms with Gasteiger partial charge in [0.25, 0.3) is 0 Å². The molecule has 1 heterocycles. The van der Waals surface area contributed by atoms with Crippen LogP contribution in [0.1, 0.15) is 17.4 Å². The van der Waals surface area contributed by atoms with Crippen molar-refractivity contribution in [1.82, 2.24) is 0 Å². The minimum atomic E-state index is -0.695. The summed E-state index contributed by atoms with van der Waals surface area (Å²) in [4.78, 5) is 0. The normalized spacial score (nSPS) is 12.6. The second-order valence-electron chi connectivity index (χ2n) is 4.65. The lowest BCUT2D eigenvalue weighted by atomic mass is 10.0. The first kappa shape index (κ1) is 14.1. The van der Waals surface area contributed by atoms with Gasteiger partial charge in [0.1, 0.15) is 11.3 Å².